The number of hydrogen-bond acceptors (Lipinski definition) is 7. The zero-order valence-electron chi connectivity index (χ0n) is 25.5. The van der Waals surface area contributed by atoms with Crippen molar-refractivity contribution in [3.8, 4) is 17.2 Å². The van der Waals surface area contributed by atoms with Crippen LogP contribution in [-0.2, 0) is 33.9 Å². The largest absolute Gasteiger partial charge is 0.508 e. The van der Waals surface area contributed by atoms with Gasteiger partial charge in [-0.3, -0.25) is 14.4 Å². The van der Waals surface area contributed by atoms with Gasteiger partial charge in [-0.15, -0.1) is 0 Å². The molecule has 3 aromatic rings. The van der Waals surface area contributed by atoms with Crippen LogP contribution in [0.15, 0.2) is 59.1 Å². The molecule has 1 aliphatic carbocycles. The molecule has 0 radical (unpaired) electrons. The van der Waals surface area contributed by atoms with Crippen molar-refractivity contribution in [1.29, 1.82) is 0 Å². The molecule has 0 spiro atoms. The molecular weight excluding hydrogens is 640 g/mol. The van der Waals surface area contributed by atoms with E-state index in [9.17, 15) is 19.5 Å². The summed E-state index contributed by atoms with van der Waals surface area (Å²) < 4.78 is 17.4. The van der Waals surface area contributed by atoms with E-state index in [-0.39, 0.29) is 30.7 Å². The van der Waals surface area contributed by atoms with E-state index in [4.69, 9.17) is 14.2 Å². The van der Waals surface area contributed by atoms with Crippen molar-refractivity contribution in [3.63, 3.8) is 0 Å². The van der Waals surface area contributed by atoms with Crippen LogP contribution in [0, 0.1) is 11.8 Å². The summed E-state index contributed by atoms with van der Waals surface area (Å²) in [7, 11) is 3.12. The maximum atomic E-state index is 14.5. The fourth-order valence-electron chi connectivity index (χ4n) is 7.07. The number of ether oxygens (including phenoxy) is 3. The lowest BCUT2D eigenvalue weighted by molar-refractivity contribution is -0.159. The van der Waals surface area contributed by atoms with Crippen molar-refractivity contribution in [2.24, 2.45) is 11.8 Å². The second-order valence-corrected chi connectivity index (χ2v) is 12.7. The van der Waals surface area contributed by atoms with Crippen molar-refractivity contribution < 1.29 is 33.7 Å². The Morgan fingerprint density at radius 3 is 2.53 bits per heavy atom. The predicted molar refractivity (Wildman–Crippen MR) is 170 cm³/mol. The molecule has 2 heterocycles. The summed E-state index contributed by atoms with van der Waals surface area (Å²) in [6, 6.07) is 15.7. The van der Waals surface area contributed by atoms with Gasteiger partial charge in [-0.05, 0) is 60.7 Å². The predicted octanol–water partition coefficient (Wildman–Crippen LogP) is 5.80. The molecule has 6 rings (SSSR count). The quantitative estimate of drug-likeness (QED) is 0.301. The fourth-order valence-corrected chi connectivity index (χ4v) is 7.61. The van der Waals surface area contributed by atoms with Crippen LogP contribution in [-0.4, -0.2) is 60.0 Å². The lowest BCUT2D eigenvalue weighted by Crippen LogP contribution is -2.50. The highest BCUT2D eigenvalue weighted by Crippen LogP contribution is 2.43. The van der Waals surface area contributed by atoms with Crippen LogP contribution < -0.4 is 9.47 Å². The third kappa shape index (κ3) is 6.00. The molecule has 236 valence electrons. The molecule has 0 aromatic heterocycles. The number of halogens is 1. The van der Waals surface area contributed by atoms with Gasteiger partial charge in [0.15, 0.2) is 0 Å². The molecule has 9 nitrogen and oxygen atoms in total. The SMILES string of the molecule is COc1ccc(COC(=O)[C@H]2CCCC[C@H]2C(=O)N2CCc3c(Br)ccc(O)c3C2CN2Cc3ccccc3C2=O)c(OC)c1. The van der Waals surface area contributed by atoms with Gasteiger partial charge in [-0.2, -0.15) is 0 Å². The normalized spacial score (nSPS) is 20.8. The van der Waals surface area contributed by atoms with Gasteiger partial charge in [0.25, 0.3) is 5.91 Å². The first-order chi connectivity index (χ1) is 21.8. The average molecular weight is 678 g/mol. The number of hydrogen-bond donors (Lipinski definition) is 1. The summed E-state index contributed by atoms with van der Waals surface area (Å²) in [5.74, 6) is -0.512. The number of methoxy groups -OCH3 is 2. The molecule has 10 heteroatoms. The maximum absolute atomic E-state index is 14.5. The van der Waals surface area contributed by atoms with Crippen molar-refractivity contribution in [1.82, 2.24) is 9.80 Å². The Morgan fingerprint density at radius 1 is 1.00 bits per heavy atom. The van der Waals surface area contributed by atoms with Gasteiger partial charge in [0.2, 0.25) is 5.91 Å². The first-order valence-corrected chi connectivity index (χ1v) is 16.2. The van der Waals surface area contributed by atoms with E-state index in [1.165, 1.54) is 0 Å². The number of rotatable bonds is 8. The number of carbonyl (C=O) groups excluding carboxylic acids is 3. The lowest BCUT2D eigenvalue weighted by atomic mass is 9.77. The van der Waals surface area contributed by atoms with Gasteiger partial charge in [0, 0.05) is 46.9 Å². The Bertz CT molecular complexity index is 1630. The van der Waals surface area contributed by atoms with Crippen LogP contribution in [0.2, 0.25) is 0 Å². The van der Waals surface area contributed by atoms with E-state index in [0.717, 1.165) is 28.4 Å². The lowest BCUT2D eigenvalue weighted by Gasteiger charge is -2.42. The number of phenols is 1. The average Bonchev–Trinajstić information content (AvgIpc) is 3.39. The Hall–Kier alpha value is -4.05. The molecular formula is C35H37BrN2O7. The molecule has 3 atom stereocenters. The van der Waals surface area contributed by atoms with E-state index in [1.54, 1.807) is 48.3 Å². The molecule has 1 saturated carbocycles. The highest BCUT2D eigenvalue weighted by molar-refractivity contribution is 9.10. The third-order valence-corrected chi connectivity index (χ3v) is 10.2. The van der Waals surface area contributed by atoms with Crippen LogP contribution >= 0.6 is 15.9 Å². The zero-order valence-corrected chi connectivity index (χ0v) is 27.0. The molecule has 45 heavy (non-hydrogen) atoms. The standard InChI is InChI=1S/C35H37BrN2O7/c1-43-23-12-11-22(31(17-23)44-2)20-45-35(42)26-10-6-5-9-25(26)34(41)38-16-15-27-28(36)13-14-30(39)32(27)29(38)19-37-18-21-7-3-4-8-24(21)33(37)40/h3-4,7-8,11-14,17,25-26,29,39H,5-6,9-10,15-16,18-20H2,1-2H3/t25-,26+,29?/m1/s1. The molecule has 3 aliphatic rings. The highest BCUT2D eigenvalue weighted by atomic mass is 79.9. The molecule has 0 bridgehead atoms. The number of nitrogens with zero attached hydrogens (tertiary/aromatic N) is 2. The van der Waals surface area contributed by atoms with Crippen molar-refractivity contribution in [3.05, 3.63) is 86.9 Å². The van der Waals surface area contributed by atoms with E-state index < -0.39 is 23.8 Å². The number of benzene rings is 3. The van der Waals surface area contributed by atoms with Gasteiger partial charge < -0.3 is 29.1 Å². The van der Waals surface area contributed by atoms with Gasteiger partial charge in [0.1, 0.15) is 23.9 Å². The van der Waals surface area contributed by atoms with E-state index in [0.29, 0.717) is 60.5 Å². The van der Waals surface area contributed by atoms with E-state index in [2.05, 4.69) is 15.9 Å². The fraction of sp³-hybridized carbons (Fsp3) is 0.400. The van der Waals surface area contributed by atoms with Gasteiger partial charge >= 0.3 is 5.97 Å². The molecule has 3 aromatic carbocycles. The Labute approximate surface area is 271 Å². The second-order valence-electron chi connectivity index (χ2n) is 11.9. The Morgan fingerprint density at radius 2 is 1.78 bits per heavy atom. The number of fused-ring (bicyclic) bond motifs is 2. The Balaban J connectivity index is 1.25. The topological polar surface area (TPSA) is 106 Å². The zero-order chi connectivity index (χ0) is 31.7. The van der Waals surface area contributed by atoms with Gasteiger partial charge in [-0.1, -0.05) is 47.0 Å². The van der Waals surface area contributed by atoms with Crippen molar-refractivity contribution >= 4 is 33.7 Å². The van der Waals surface area contributed by atoms with Crippen LogP contribution in [0.1, 0.15) is 64.3 Å². The van der Waals surface area contributed by atoms with Gasteiger partial charge in [-0.25, -0.2) is 0 Å². The molecule has 0 saturated heterocycles. The monoisotopic (exact) mass is 676 g/mol. The maximum Gasteiger partial charge on any atom is 0.310 e. The molecule has 2 aliphatic heterocycles. The number of amides is 2. The minimum Gasteiger partial charge on any atom is -0.508 e. The summed E-state index contributed by atoms with van der Waals surface area (Å²) in [4.78, 5) is 45.0. The summed E-state index contributed by atoms with van der Waals surface area (Å²) in [5.41, 5.74) is 3.89. The van der Waals surface area contributed by atoms with Crippen molar-refractivity contribution in [2.45, 2.75) is 51.3 Å². The smallest absolute Gasteiger partial charge is 0.310 e. The summed E-state index contributed by atoms with van der Waals surface area (Å²) >= 11 is 3.64. The summed E-state index contributed by atoms with van der Waals surface area (Å²) in [6.45, 7) is 1.09. The Kier molecular flexibility index (Phi) is 9.03. The molecule has 1 unspecified atom stereocenters. The van der Waals surface area contributed by atoms with Gasteiger partial charge in [0.05, 0.1) is 32.1 Å². The van der Waals surface area contributed by atoms with E-state index >= 15 is 0 Å². The first-order valence-electron chi connectivity index (χ1n) is 15.4. The third-order valence-electron chi connectivity index (χ3n) is 9.41. The van der Waals surface area contributed by atoms with Crippen LogP contribution in [0.5, 0.6) is 17.2 Å². The molecule has 2 amide bonds. The number of esters is 1. The molecule has 1 N–H and O–H groups in total. The number of aromatic hydroxyl groups is 1. The minimum absolute atomic E-state index is 0.0165. The highest BCUT2D eigenvalue weighted by Gasteiger charge is 2.44. The van der Waals surface area contributed by atoms with Crippen molar-refractivity contribution in [2.75, 3.05) is 27.3 Å². The van der Waals surface area contributed by atoms with Crippen LogP contribution in [0.4, 0.5) is 0 Å². The van der Waals surface area contributed by atoms with Crippen LogP contribution in [0.3, 0.4) is 0 Å². The second kappa shape index (κ2) is 13.1. The summed E-state index contributed by atoms with van der Waals surface area (Å²) in [5, 5.41) is 11.1. The minimum atomic E-state index is -0.591. The van der Waals surface area contributed by atoms with Crippen LogP contribution in [0.25, 0.3) is 0 Å². The first kappa shape index (κ1) is 31.0. The number of phenolic OH excluding ortho intramolecular Hbond substituents is 1. The van der Waals surface area contributed by atoms with E-state index in [1.807, 2.05) is 30.3 Å². The molecule has 1 fully saturated rings. The summed E-state index contributed by atoms with van der Waals surface area (Å²) in [6.07, 6.45) is 3.33. The number of carbonyl (C=O) groups is 3.